The van der Waals surface area contributed by atoms with Gasteiger partial charge in [-0.2, -0.15) is 0 Å². The molecule has 0 saturated carbocycles. The first-order chi connectivity index (χ1) is 25.7. The minimum atomic E-state index is 0.457. The molecule has 0 aliphatic carbocycles. The van der Waals surface area contributed by atoms with Gasteiger partial charge in [-0.3, -0.25) is 4.98 Å². The molecule has 0 unspecified atom stereocenters. The standard InChI is InChI=1S/C46H26N4O2/c1-2-12-29-24-30(21-20-27(29)10-1)44-48-45(31-22-23-35-34-15-5-7-18-38(34)51-40(35)25-31)50-46(49-44)42-41-36-16-6-8-19-39(36)52-43(41)37(26-47-42)33-17-9-13-28-11-3-4-14-32(28)33/h1-26H. The Balaban J connectivity index is 1.18. The number of furan rings is 2. The van der Waals surface area contributed by atoms with Crippen LogP contribution in [0, 0.1) is 0 Å². The SMILES string of the molecule is c1ccc2cc(-c3nc(-c4ccc5c(c4)oc4ccccc45)nc(-c4ncc(-c5cccc6ccccc56)c5oc6ccccc6c45)n3)ccc2c1. The Hall–Kier alpha value is -7.18. The quantitative estimate of drug-likeness (QED) is 0.186. The summed E-state index contributed by atoms with van der Waals surface area (Å²) < 4.78 is 13.0. The summed E-state index contributed by atoms with van der Waals surface area (Å²) in [5.41, 5.74) is 7.40. The van der Waals surface area contributed by atoms with Gasteiger partial charge in [0.15, 0.2) is 17.5 Å². The fraction of sp³-hybridized carbons (Fsp3) is 0. The zero-order valence-electron chi connectivity index (χ0n) is 27.6. The molecule has 0 aliphatic rings. The lowest BCUT2D eigenvalue weighted by molar-refractivity contribution is 0.669. The van der Waals surface area contributed by atoms with Crippen LogP contribution in [-0.4, -0.2) is 19.9 Å². The Morgan fingerprint density at radius 3 is 1.85 bits per heavy atom. The molecule has 52 heavy (non-hydrogen) atoms. The summed E-state index contributed by atoms with van der Waals surface area (Å²) in [6.07, 6.45) is 1.89. The molecule has 0 aliphatic heterocycles. The van der Waals surface area contributed by atoms with Crippen molar-refractivity contribution >= 4 is 65.4 Å². The molecule has 4 aromatic heterocycles. The molecule has 11 aromatic rings. The van der Waals surface area contributed by atoms with Crippen LogP contribution in [-0.2, 0) is 0 Å². The Morgan fingerprint density at radius 1 is 0.385 bits per heavy atom. The van der Waals surface area contributed by atoms with Crippen LogP contribution in [0.15, 0.2) is 167 Å². The lowest BCUT2D eigenvalue weighted by Crippen LogP contribution is -2.02. The monoisotopic (exact) mass is 666 g/mol. The van der Waals surface area contributed by atoms with Crippen molar-refractivity contribution in [1.82, 2.24) is 19.9 Å². The molecule has 0 amide bonds. The zero-order valence-corrected chi connectivity index (χ0v) is 27.6. The van der Waals surface area contributed by atoms with E-state index in [-0.39, 0.29) is 0 Å². The number of aromatic nitrogens is 4. The molecular weight excluding hydrogens is 641 g/mol. The van der Waals surface area contributed by atoms with E-state index < -0.39 is 0 Å². The minimum Gasteiger partial charge on any atom is -0.456 e. The maximum absolute atomic E-state index is 6.68. The largest absolute Gasteiger partial charge is 0.456 e. The lowest BCUT2D eigenvalue weighted by atomic mass is 9.97. The Morgan fingerprint density at radius 2 is 1.00 bits per heavy atom. The average molecular weight is 667 g/mol. The molecule has 11 rings (SSSR count). The molecule has 0 radical (unpaired) electrons. The number of pyridine rings is 1. The highest BCUT2D eigenvalue weighted by Gasteiger charge is 2.23. The number of benzene rings is 7. The van der Waals surface area contributed by atoms with Crippen molar-refractivity contribution in [1.29, 1.82) is 0 Å². The van der Waals surface area contributed by atoms with Crippen molar-refractivity contribution in [2.45, 2.75) is 0 Å². The van der Waals surface area contributed by atoms with Gasteiger partial charge in [-0.25, -0.2) is 15.0 Å². The first kappa shape index (κ1) is 28.6. The summed E-state index contributed by atoms with van der Waals surface area (Å²) in [7, 11) is 0. The number of hydrogen-bond acceptors (Lipinski definition) is 6. The van der Waals surface area contributed by atoms with Gasteiger partial charge in [0.2, 0.25) is 0 Å². The van der Waals surface area contributed by atoms with Gasteiger partial charge in [0.05, 0.1) is 5.39 Å². The molecule has 4 heterocycles. The van der Waals surface area contributed by atoms with Crippen molar-refractivity contribution in [2.24, 2.45) is 0 Å². The minimum absolute atomic E-state index is 0.457. The van der Waals surface area contributed by atoms with E-state index in [1.54, 1.807) is 0 Å². The number of fused-ring (bicyclic) bond motifs is 8. The van der Waals surface area contributed by atoms with E-state index in [2.05, 4.69) is 91.0 Å². The fourth-order valence-corrected chi connectivity index (χ4v) is 7.48. The predicted molar refractivity (Wildman–Crippen MR) is 209 cm³/mol. The van der Waals surface area contributed by atoms with Gasteiger partial charge in [-0.1, -0.05) is 121 Å². The van der Waals surface area contributed by atoms with Crippen molar-refractivity contribution in [3.8, 4) is 45.4 Å². The van der Waals surface area contributed by atoms with Crippen LogP contribution >= 0.6 is 0 Å². The summed E-state index contributed by atoms with van der Waals surface area (Å²) in [5, 5.41) is 8.44. The molecule has 7 aromatic carbocycles. The van der Waals surface area contributed by atoms with Crippen LogP contribution in [0.4, 0.5) is 0 Å². The first-order valence-corrected chi connectivity index (χ1v) is 17.2. The summed E-state index contributed by atoms with van der Waals surface area (Å²) in [6.45, 7) is 0. The van der Waals surface area contributed by atoms with Crippen molar-refractivity contribution in [2.75, 3.05) is 0 Å². The highest BCUT2D eigenvalue weighted by Crippen LogP contribution is 2.42. The molecule has 0 atom stereocenters. The van der Waals surface area contributed by atoms with E-state index >= 15 is 0 Å². The van der Waals surface area contributed by atoms with Gasteiger partial charge in [0.25, 0.3) is 0 Å². The Labute approximate surface area is 296 Å². The lowest BCUT2D eigenvalue weighted by Gasteiger charge is -2.11. The second-order valence-corrected chi connectivity index (χ2v) is 13.0. The third kappa shape index (κ3) is 4.44. The molecule has 0 N–H and O–H groups in total. The van der Waals surface area contributed by atoms with Crippen LogP contribution in [0.25, 0.3) is 111 Å². The summed E-state index contributed by atoms with van der Waals surface area (Å²) in [5.74, 6) is 1.53. The number of hydrogen-bond donors (Lipinski definition) is 0. The van der Waals surface area contributed by atoms with E-state index in [9.17, 15) is 0 Å². The first-order valence-electron chi connectivity index (χ1n) is 17.2. The van der Waals surface area contributed by atoms with E-state index in [1.165, 1.54) is 0 Å². The maximum Gasteiger partial charge on any atom is 0.183 e. The van der Waals surface area contributed by atoms with E-state index in [0.29, 0.717) is 23.2 Å². The van der Waals surface area contributed by atoms with E-state index in [4.69, 9.17) is 28.8 Å². The van der Waals surface area contributed by atoms with Gasteiger partial charge in [-0.15, -0.1) is 0 Å². The average Bonchev–Trinajstić information content (AvgIpc) is 3.79. The molecule has 0 saturated heterocycles. The topological polar surface area (TPSA) is 77.8 Å². The molecule has 6 nitrogen and oxygen atoms in total. The Kier molecular flexibility index (Phi) is 6.15. The van der Waals surface area contributed by atoms with Crippen LogP contribution in [0.5, 0.6) is 0 Å². The normalized spacial score (nSPS) is 11.8. The van der Waals surface area contributed by atoms with Gasteiger partial charge < -0.3 is 8.83 Å². The number of rotatable bonds is 4. The maximum atomic E-state index is 6.68. The van der Waals surface area contributed by atoms with E-state index in [1.807, 2.05) is 66.9 Å². The summed E-state index contributed by atoms with van der Waals surface area (Å²) in [4.78, 5) is 20.5. The van der Waals surface area contributed by atoms with E-state index in [0.717, 1.165) is 87.7 Å². The smallest absolute Gasteiger partial charge is 0.183 e. The fourth-order valence-electron chi connectivity index (χ4n) is 7.48. The highest BCUT2D eigenvalue weighted by atomic mass is 16.3. The summed E-state index contributed by atoms with van der Waals surface area (Å²) in [6, 6.07) is 51.6. The van der Waals surface area contributed by atoms with Crippen LogP contribution in [0.2, 0.25) is 0 Å². The Bertz CT molecular complexity index is 3210. The van der Waals surface area contributed by atoms with Gasteiger partial charge >= 0.3 is 0 Å². The molecule has 6 heteroatoms. The van der Waals surface area contributed by atoms with Gasteiger partial charge in [-0.05, 0) is 57.4 Å². The van der Waals surface area contributed by atoms with Crippen LogP contribution in [0.3, 0.4) is 0 Å². The third-order valence-electron chi connectivity index (χ3n) is 9.97. The molecule has 242 valence electrons. The molecular formula is C46H26N4O2. The van der Waals surface area contributed by atoms with Crippen molar-refractivity contribution in [3.63, 3.8) is 0 Å². The van der Waals surface area contributed by atoms with Gasteiger partial charge in [0, 0.05) is 39.0 Å². The second-order valence-electron chi connectivity index (χ2n) is 13.0. The molecule has 0 bridgehead atoms. The van der Waals surface area contributed by atoms with Crippen LogP contribution in [0.1, 0.15) is 0 Å². The van der Waals surface area contributed by atoms with Crippen molar-refractivity contribution in [3.05, 3.63) is 158 Å². The number of nitrogens with zero attached hydrogens (tertiary/aromatic N) is 4. The summed E-state index contributed by atoms with van der Waals surface area (Å²) >= 11 is 0. The zero-order chi connectivity index (χ0) is 34.2. The van der Waals surface area contributed by atoms with Gasteiger partial charge in [0.1, 0.15) is 28.0 Å². The third-order valence-corrected chi connectivity index (χ3v) is 9.97. The molecule has 0 spiro atoms. The second kappa shape index (κ2) is 11.2. The highest BCUT2D eigenvalue weighted by molar-refractivity contribution is 6.16. The number of para-hydroxylation sites is 2. The predicted octanol–water partition coefficient (Wildman–Crippen LogP) is 12.0. The van der Waals surface area contributed by atoms with Crippen molar-refractivity contribution < 1.29 is 8.83 Å². The molecule has 0 fully saturated rings. The van der Waals surface area contributed by atoms with Crippen LogP contribution < -0.4 is 0 Å².